The zero-order valence-electron chi connectivity index (χ0n) is 19.6. The molecule has 0 fully saturated rings. The van der Waals surface area contributed by atoms with Crippen molar-refractivity contribution in [3.05, 3.63) is 126 Å². The summed E-state index contributed by atoms with van der Waals surface area (Å²) in [6.45, 7) is 0.135. The van der Waals surface area contributed by atoms with Crippen LogP contribution in [0, 0.1) is 0 Å². The molecule has 5 aromatic carbocycles. The van der Waals surface area contributed by atoms with Crippen molar-refractivity contribution in [3.63, 3.8) is 0 Å². The Kier molecular flexibility index (Phi) is 5.72. The van der Waals surface area contributed by atoms with Gasteiger partial charge in [0.05, 0.1) is 17.2 Å². The molecule has 6 rings (SSSR count). The molecular formula is C31H24N4O. The lowest BCUT2D eigenvalue weighted by Gasteiger charge is -2.09. The Balaban J connectivity index is 1.28. The molecule has 5 nitrogen and oxygen atoms in total. The van der Waals surface area contributed by atoms with E-state index in [1.807, 2.05) is 71.3 Å². The molecule has 1 N–H and O–H groups in total. The molecule has 0 saturated carbocycles. The van der Waals surface area contributed by atoms with E-state index in [0.717, 1.165) is 49.5 Å². The van der Waals surface area contributed by atoms with E-state index in [1.54, 1.807) is 6.21 Å². The number of nitrogens with zero attached hydrogens (tertiary/aromatic N) is 3. The number of hydrogen-bond donors (Lipinski definition) is 1. The van der Waals surface area contributed by atoms with Crippen molar-refractivity contribution in [3.8, 4) is 0 Å². The molecule has 1 amide bonds. The van der Waals surface area contributed by atoms with Crippen molar-refractivity contribution >= 4 is 44.7 Å². The summed E-state index contributed by atoms with van der Waals surface area (Å²) in [5, 5.41) is 8.83. The highest BCUT2D eigenvalue weighted by molar-refractivity contribution is 6.13. The first-order valence-corrected chi connectivity index (χ1v) is 12.0. The molecule has 6 aromatic rings. The van der Waals surface area contributed by atoms with Crippen LogP contribution in [-0.4, -0.2) is 21.7 Å². The lowest BCUT2D eigenvalue weighted by atomic mass is 9.97. The van der Waals surface area contributed by atoms with E-state index in [1.165, 1.54) is 0 Å². The van der Waals surface area contributed by atoms with Gasteiger partial charge in [0.25, 0.3) is 5.91 Å². The Labute approximate surface area is 208 Å². The van der Waals surface area contributed by atoms with E-state index in [2.05, 4.69) is 53.0 Å². The van der Waals surface area contributed by atoms with Gasteiger partial charge in [0.1, 0.15) is 12.4 Å². The number of hydrazone groups is 1. The van der Waals surface area contributed by atoms with Gasteiger partial charge in [0, 0.05) is 12.0 Å². The summed E-state index contributed by atoms with van der Waals surface area (Å²) in [6, 6.07) is 36.7. The van der Waals surface area contributed by atoms with Crippen molar-refractivity contribution in [2.45, 2.75) is 13.0 Å². The average Bonchev–Trinajstić information content (AvgIpc) is 3.25. The maximum absolute atomic E-state index is 13.0. The molecule has 0 spiro atoms. The largest absolute Gasteiger partial charge is 0.318 e. The molecule has 0 saturated heterocycles. The molecule has 5 heteroatoms. The lowest BCUT2D eigenvalue weighted by molar-refractivity contribution is -0.121. The van der Waals surface area contributed by atoms with E-state index in [0.29, 0.717) is 6.42 Å². The van der Waals surface area contributed by atoms with E-state index >= 15 is 0 Å². The quantitative estimate of drug-likeness (QED) is 0.183. The Morgan fingerprint density at radius 2 is 1.44 bits per heavy atom. The Morgan fingerprint density at radius 1 is 0.806 bits per heavy atom. The third-order valence-electron chi connectivity index (χ3n) is 6.44. The number of carbonyl (C=O) groups excluding carboxylic acids is 1. The van der Waals surface area contributed by atoms with Crippen LogP contribution >= 0.6 is 0 Å². The Hall–Kier alpha value is -4.77. The third kappa shape index (κ3) is 4.23. The van der Waals surface area contributed by atoms with Gasteiger partial charge in [-0.1, -0.05) is 91.0 Å². The first kappa shape index (κ1) is 21.7. The number of para-hydroxylation sites is 2. The predicted molar refractivity (Wildman–Crippen MR) is 146 cm³/mol. The van der Waals surface area contributed by atoms with Crippen LogP contribution in [0.5, 0.6) is 0 Å². The van der Waals surface area contributed by atoms with Crippen molar-refractivity contribution < 1.29 is 4.79 Å². The number of rotatable bonds is 6. The Bertz CT molecular complexity index is 1680. The number of hydrogen-bond acceptors (Lipinski definition) is 3. The lowest BCUT2D eigenvalue weighted by Crippen LogP contribution is -2.24. The number of nitrogens with one attached hydrogen (secondary N) is 1. The monoisotopic (exact) mass is 468 g/mol. The standard InChI is InChI=1S/C31H24N4O/c36-31(21-35-29-17-9-8-16-28(29)33-30(35)18-22-10-2-1-3-11-22)34-32-20-27-25-14-6-4-12-23(25)19-24-13-5-7-15-26(24)27/h1-17,19-20H,18,21H2,(H,34,36)/b32-20+. The van der Waals surface area contributed by atoms with Gasteiger partial charge >= 0.3 is 0 Å². The summed E-state index contributed by atoms with van der Waals surface area (Å²) in [6.07, 6.45) is 2.40. The smallest absolute Gasteiger partial charge is 0.260 e. The molecule has 0 aliphatic heterocycles. The zero-order valence-corrected chi connectivity index (χ0v) is 19.6. The molecule has 0 atom stereocenters. The molecule has 0 unspecified atom stereocenters. The SMILES string of the molecule is O=C(Cn1c(Cc2ccccc2)nc2ccccc21)N/N=C/c1c2ccccc2cc2ccccc12. The van der Waals surface area contributed by atoms with Gasteiger partial charge in [0.15, 0.2) is 0 Å². The van der Waals surface area contributed by atoms with Crippen molar-refractivity contribution in [2.24, 2.45) is 5.10 Å². The van der Waals surface area contributed by atoms with Gasteiger partial charge in [-0.25, -0.2) is 10.4 Å². The van der Waals surface area contributed by atoms with Crippen LogP contribution in [0.25, 0.3) is 32.6 Å². The third-order valence-corrected chi connectivity index (χ3v) is 6.44. The van der Waals surface area contributed by atoms with E-state index in [4.69, 9.17) is 4.98 Å². The normalized spacial score (nSPS) is 11.6. The highest BCUT2D eigenvalue weighted by Gasteiger charge is 2.14. The fraction of sp³-hybridized carbons (Fsp3) is 0.0645. The van der Waals surface area contributed by atoms with Crippen molar-refractivity contribution in [1.82, 2.24) is 15.0 Å². The first-order valence-electron chi connectivity index (χ1n) is 12.0. The van der Waals surface area contributed by atoms with Crippen LogP contribution in [0.4, 0.5) is 0 Å². The molecule has 36 heavy (non-hydrogen) atoms. The number of benzene rings is 5. The van der Waals surface area contributed by atoms with Gasteiger partial charge in [-0.05, 0) is 45.3 Å². The predicted octanol–water partition coefficient (Wildman–Crippen LogP) is 6.08. The number of fused-ring (bicyclic) bond motifs is 3. The summed E-state index contributed by atoms with van der Waals surface area (Å²) in [5.74, 6) is 0.648. The fourth-order valence-electron chi connectivity index (χ4n) is 4.75. The average molecular weight is 469 g/mol. The van der Waals surface area contributed by atoms with Crippen LogP contribution in [-0.2, 0) is 17.8 Å². The van der Waals surface area contributed by atoms with E-state index in [9.17, 15) is 4.79 Å². The number of carbonyl (C=O) groups is 1. The van der Waals surface area contributed by atoms with Crippen LogP contribution < -0.4 is 5.43 Å². The summed E-state index contributed by atoms with van der Waals surface area (Å²) in [5.41, 5.74) is 6.68. The highest BCUT2D eigenvalue weighted by Crippen LogP contribution is 2.27. The zero-order chi connectivity index (χ0) is 24.3. The van der Waals surface area contributed by atoms with Gasteiger partial charge in [-0.15, -0.1) is 0 Å². The minimum atomic E-state index is -0.201. The van der Waals surface area contributed by atoms with Gasteiger partial charge in [-0.2, -0.15) is 5.10 Å². The second kappa shape index (κ2) is 9.47. The molecule has 1 aromatic heterocycles. The van der Waals surface area contributed by atoms with Crippen molar-refractivity contribution in [1.29, 1.82) is 0 Å². The summed E-state index contributed by atoms with van der Waals surface area (Å²) in [7, 11) is 0. The summed E-state index contributed by atoms with van der Waals surface area (Å²) in [4.78, 5) is 17.8. The minimum absolute atomic E-state index is 0.135. The number of amides is 1. The fourth-order valence-corrected chi connectivity index (χ4v) is 4.75. The van der Waals surface area contributed by atoms with Crippen molar-refractivity contribution in [2.75, 3.05) is 0 Å². The molecule has 0 radical (unpaired) electrons. The Morgan fingerprint density at radius 3 is 2.19 bits per heavy atom. The molecule has 0 bridgehead atoms. The maximum atomic E-state index is 13.0. The molecule has 1 heterocycles. The summed E-state index contributed by atoms with van der Waals surface area (Å²) >= 11 is 0. The molecule has 0 aliphatic carbocycles. The van der Waals surface area contributed by atoms with Crippen LogP contribution in [0.15, 0.2) is 114 Å². The van der Waals surface area contributed by atoms with Gasteiger partial charge in [-0.3, -0.25) is 4.79 Å². The van der Waals surface area contributed by atoms with Gasteiger partial charge in [0.2, 0.25) is 0 Å². The van der Waals surface area contributed by atoms with E-state index < -0.39 is 0 Å². The number of imidazole rings is 1. The first-order chi connectivity index (χ1) is 17.8. The molecular weight excluding hydrogens is 444 g/mol. The topological polar surface area (TPSA) is 59.3 Å². The second-order valence-corrected chi connectivity index (χ2v) is 8.79. The van der Waals surface area contributed by atoms with E-state index in [-0.39, 0.29) is 12.5 Å². The highest BCUT2D eigenvalue weighted by atomic mass is 16.2. The van der Waals surface area contributed by atoms with Crippen LogP contribution in [0.1, 0.15) is 17.0 Å². The maximum Gasteiger partial charge on any atom is 0.260 e. The molecule has 0 aliphatic rings. The summed E-state index contributed by atoms with van der Waals surface area (Å²) < 4.78 is 1.97. The molecule has 174 valence electrons. The van der Waals surface area contributed by atoms with Gasteiger partial charge < -0.3 is 4.57 Å². The number of aromatic nitrogens is 2. The van der Waals surface area contributed by atoms with Crippen LogP contribution in [0.2, 0.25) is 0 Å². The second-order valence-electron chi connectivity index (χ2n) is 8.79. The van der Waals surface area contributed by atoms with Crippen LogP contribution in [0.3, 0.4) is 0 Å². The minimum Gasteiger partial charge on any atom is -0.318 e.